The molecule has 90 valence electrons. The molecule has 1 aromatic rings. The molecule has 0 aliphatic carbocycles. The second-order valence-corrected chi connectivity index (χ2v) is 6.06. The van der Waals surface area contributed by atoms with Gasteiger partial charge in [0.15, 0.2) is 0 Å². The molecular formula is C13H20O2S. The first-order valence-corrected chi connectivity index (χ1v) is 6.85. The van der Waals surface area contributed by atoms with Crippen molar-refractivity contribution in [2.75, 3.05) is 6.61 Å². The van der Waals surface area contributed by atoms with E-state index in [1.54, 1.807) is 11.3 Å². The molecule has 1 aliphatic rings. The van der Waals surface area contributed by atoms with Crippen LogP contribution in [-0.4, -0.2) is 17.8 Å². The lowest BCUT2D eigenvalue weighted by Crippen LogP contribution is -2.08. The highest BCUT2D eigenvalue weighted by molar-refractivity contribution is 7.12. The summed E-state index contributed by atoms with van der Waals surface area (Å²) in [5.41, 5.74) is 1.11. The fourth-order valence-corrected chi connectivity index (χ4v) is 3.33. The van der Waals surface area contributed by atoms with Gasteiger partial charge in [-0.3, -0.25) is 0 Å². The Morgan fingerprint density at radius 1 is 1.56 bits per heavy atom. The van der Waals surface area contributed by atoms with Crippen molar-refractivity contribution in [3.63, 3.8) is 0 Å². The maximum atomic E-state index is 10.1. The van der Waals surface area contributed by atoms with E-state index in [9.17, 15) is 5.11 Å². The zero-order chi connectivity index (χ0) is 11.5. The molecular weight excluding hydrogens is 220 g/mol. The minimum Gasteiger partial charge on any atom is -0.388 e. The monoisotopic (exact) mass is 240 g/mol. The molecule has 1 N–H and O–H groups in total. The molecule has 2 atom stereocenters. The van der Waals surface area contributed by atoms with Crippen molar-refractivity contribution >= 4 is 11.3 Å². The predicted octanol–water partition coefficient (Wildman–Crippen LogP) is 3.36. The van der Waals surface area contributed by atoms with E-state index in [1.165, 1.54) is 16.2 Å². The number of aryl methyl sites for hydroxylation is 2. The Labute approximate surface area is 101 Å². The number of hydrogen-bond acceptors (Lipinski definition) is 3. The Morgan fingerprint density at radius 2 is 2.38 bits per heavy atom. The summed E-state index contributed by atoms with van der Waals surface area (Å²) in [5, 5.41) is 10.1. The third kappa shape index (κ3) is 2.84. The van der Waals surface area contributed by atoms with Crippen molar-refractivity contribution in [2.24, 2.45) is 0 Å². The average molecular weight is 240 g/mol. The molecule has 2 unspecified atom stereocenters. The summed E-state index contributed by atoms with van der Waals surface area (Å²) in [4.78, 5) is 2.53. The molecule has 2 rings (SSSR count). The van der Waals surface area contributed by atoms with Crippen LogP contribution < -0.4 is 0 Å². The lowest BCUT2D eigenvalue weighted by molar-refractivity contribution is 0.0812. The molecule has 1 aromatic heterocycles. The molecule has 0 amide bonds. The summed E-state index contributed by atoms with van der Waals surface area (Å²) in [6.07, 6.45) is 4.21. The van der Waals surface area contributed by atoms with Crippen LogP contribution in [0.3, 0.4) is 0 Å². The van der Waals surface area contributed by atoms with Crippen molar-refractivity contribution in [2.45, 2.75) is 51.7 Å². The molecule has 2 nitrogen and oxygen atoms in total. The quantitative estimate of drug-likeness (QED) is 0.874. The smallest absolute Gasteiger partial charge is 0.0801 e. The summed E-state index contributed by atoms with van der Waals surface area (Å²) >= 11 is 1.76. The van der Waals surface area contributed by atoms with Crippen LogP contribution in [0, 0.1) is 13.8 Å². The molecule has 3 heteroatoms. The van der Waals surface area contributed by atoms with Crippen LogP contribution in [0.5, 0.6) is 0 Å². The average Bonchev–Trinajstić information content (AvgIpc) is 2.84. The van der Waals surface area contributed by atoms with Gasteiger partial charge >= 0.3 is 0 Å². The summed E-state index contributed by atoms with van der Waals surface area (Å²) < 4.78 is 5.57. The second-order valence-electron chi connectivity index (χ2n) is 4.60. The summed E-state index contributed by atoms with van der Waals surface area (Å²) in [6.45, 7) is 5.08. The van der Waals surface area contributed by atoms with Gasteiger partial charge in [-0.05, 0) is 51.2 Å². The van der Waals surface area contributed by atoms with Gasteiger partial charge in [0.05, 0.1) is 12.2 Å². The fraction of sp³-hybridized carbons (Fsp3) is 0.692. The summed E-state index contributed by atoms with van der Waals surface area (Å²) in [7, 11) is 0. The standard InChI is InChI=1S/C13H20O2S/c1-9-8-12(10(2)16-9)13(14)6-5-11-4-3-7-15-11/h8,11,13-14H,3-7H2,1-2H3. The number of aliphatic hydroxyl groups is 1. The van der Waals surface area contributed by atoms with Gasteiger partial charge in [0.2, 0.25) is 0 Å². The Hall–Kier alpha value is -0.380. The van der Waals surface area contributed by atoms with Gasteiger partial charge in [-0.15, -0.1) is 11.3 Å². The zero-order valence-corrected chi connectivity index (χ0v) is 10.8. The molecule has 16 heavy (non-hydrogen) atoms. The topological polar surface area (TPSA) is 29.5 Å². The van der Waals surface area contributed by atoms with E-state index in [4.69, 9.17) is 4.74 Å². The van der Waals surface area contributed by atoms with E-state index in [-0.39, 0.29) is 6.10 Å². The lowest BCUT2D eigenvalue weighted by Gasteiger charge is -2.13. The van der Waals surface area contributed by atoms with Crippen molar-refractivity contribution in [1.82, 2.24) is 0 Å². The third-order valence-electron chi connectivity index (χ3n) is 3.22. The molecule has 0 spiro atoms. The van der Waals surface area contributed by atoms with E-state index < -0.39 is 0 Å². The summed E-state index contributed by atoms with van der Waals surface area (Å²) in [5.74, 6) is 0. The highest BCUT2D eigenvalue weighted by atomic mass is 32.1. The molecule has 1 fully saturated rings. The number of aliphatic hydroxyl groups excluding tert-OH is 1. The first-order valence-electron chi connectivity index (χ1n) is 6.03. The molecule has 2 heterocycles. The number of hydrogen-bond donors (Lipinski definition) is 1. The molecule has 1 aliphatic heterocycles. The number of thiophene rings is 1. The Balaban J connectivity index is 1.87. The first kappa shape index (κ1) is 12.1. The van der Waals surface area contributed by atoms with E-state index in [0.717, 1.165) is 31.4 Å². The largest absolute Gasteiger partial charge is 0.388 e. The maximum Gasteiger partial charge on any atom is 0.0801 e. The molecule has 0 bridgehead atoms. The van der Waals surface area contributed by atoms with Crippen LogP contribution in [-0.2, 0) is 4.74 Å². The van der Waals surface area contributed by atoms with Crippen LogP contribution >= 0.6 is 11.3 Å². The third-order valence-corrected chi connectivity index (χ3v) is 4.21. The molecule has 1 saturated heterocycles. The van der Waals surface area contributed by atoms with Gasteiger partial charge in [-0.1, -0.05) is 0 Å². The van der Waals surface area contributed by atoms with E-state index >= 15 is 0 Å². The predicted molar refractivity (Wildman–Crippen MR) is 67.0 cm³/mol. The van der Waals surface area contributed by atoms with Gasteiger partial charge < -0.3 is 9.84 Å². The molecule has 0 saturated carbocycles. The SMILES string of the molecule is Cc1cc(C(O)CCC2CCCO2)c(C)s1. The zero-order valence-electron chi connectivity index (χ0n) is 10.0. The van der Waals surface area contributed by atoms with Crippen molar-refractivity contribution in [3.05, 3.63) is 21.4 Å². The Kier molecular flexibility index (Phi) is 4.00. The number of ether oxygens (including phenoxy) is 1. The van der Waals surface area contributed by atoms with E-state index in [0.29, 0.717) is 6.10 Å². The molecule has 0 aromatic carbocycles. The van der Waals surface area contributed by atoms with Gasteiger partial charge in [-0.25, -0.2) is 0 Å². The van der Waals surface area contributed by atoms with Crippen molar-refractivity contribution in [3.8, 4) is 0 Å². The van der Waals surface area contributed by atoms with Crippen LogP contribution in [0.1, 0.15) is 47.1 Å². The van der Waals surface area contributed by atoms with E-state index in [2.05, 4.69) is 19.9 Å². The maximum absolute atomic E-state index is 10.1. The van der Waals surface area contributed by atoms with Crippen LogP contribution in [0.4, 0.5) is 0 Å². The van der Waals surface area contributed by atoms with Gasteiger partial charge in [0.25, 0.3) is 0 Å². The Morgan fingerprint density at radius 3 is 2.94 bits per heavy atom. The minimum atomic E-state index is -0.311. The Bertz CT molecular complexity index is 340. The van der Waals surface area contributed by atoms with Crippen LogP contribution in [0.25, 0.3) is 0 Å². The first-order chi connectivity index (χ1) is 7.66. The van der Waals surface area contributed by atoms with E-state index in [1.807, 2.05) is 0 Å². The van der Waals surface area contributed by atoms with Gasteiger partial charge in [0.1, 0.15) is 0 Å². The lowest BCUT2D eigenvalue weighted by atomic mass is 10.0. The molecule has 0 radical (unpaired) electrons. The second kappa shape index (κ2) is 5.30. The van der Waals surface area contributed by atoms with Crippen LogP contribution in [0.15, 0.2) is 6.07 Å². The summed E-state index contributed by atoms with van der Waals surface area (Å²) in [6, 6.07) is 2.11. The van der Waals surface area contributed by atoms with Crippen molar-refractivity contribution in [1.29, 1.82) is 0 Å². The van der Waals surface area contributed by atoms with Crippen molar-refractivity contribution < 1.29 is 9.84 Å². The van der Waals surface area contributed by atoms with Gasteiger partial charge in [0, 0.05) is 16.4 Å². The highest BCUT2D eigenvalue weighted by Crippen LogP contribution is 2.30. The van der Waals surface area contributed by atoms with Crippen LogP contribution in [0.2, 0.25) is 0 Å². The highest BCUT2D eigenvalue weighted by Gasteiger charge is 2.19. The minimum absolute atomic E-state index is 0.311. The number of rotatable bonds is 4. The van der Waals surface area contributed by atoms with Gasteiger partial charge in [-0.2, -0.15) is 0 Å². The normalized spacial score (nSPS) is 22.6. The fourth-order valence-electron chi connectivity index (χ4n) is 2.35.